The Morgan fingerprint density at radius 3 is 1.32 bits per heavy atom. The number of nitrogens with zero attached hydrogens (tertiary/aromatic N) is 6. The molecule has 0 unspecified atom stereocenters. The summed E-state index contributed by atoms with van der Waals surface area (Å²) in [6.07, 6.45) is 7.46. The van der Waals surface area contributed by atoms with Crippen molar-refractivity contribution >= 4 is 0 Å². The van der Waals surface area contributed by atoms with Gasteiger partial charge in [-0.1, -0.05) is 24.3 Å². The normalized spacial score (nSPS) is 11.3. The molecule has 0 spiro atoms. The number of pyridine rings is 4. The van der Waals surface area contributed by atoms with Gasteiger partial charge in [0.05, 0.1) is 22.8 Å². The van der Waals surface area contributed by atoms with Gasteiger partial charge in [0.25, 0.3) is 0 Å². The summed E-state index contributed by atoms with van der Waals surface area (Å²) in [4.78, 5) is 23.2. The average molecular weight is 453 g/mol. The minimum absolute atomic E-state index is 0.775. The molecule has 6 nitrogen and oxygen atoms in total. The first-order chi connectivity index (χ1) is 16.7. The van der Waals surface area contributed by atoms with E-state index in [9.17, 15) is 0 Å². The van der Waals surface area contributed by atoms with Crippen LogP contribution in [0.5, 0.6) is 0 Å². The van der Waals surface area contributed by atoms with Crippen LogP contribution in [0.15, 0.2) is 85.5 Å². The number of hydrogen-bond acceptors (Lipinski definition) is 6. The fourth-order valence-electron chi connectivity index (χ4n) is 3.94. The van der Waals surface area contributed by atoms with Crippen LogP contribution in [0.25, 0.3) is 0 Å². The summed E-state index contributed by atoms with van der Waals surface area (Å²) in [5.41, 5.74) is 6.76. The third-order valence-corrected chi connectivity index (χ3v) is 5.94. The minimum Gasteiger partial charge on any atom is -0.290 e. The molecule has 0 aliphatic heterocycles. The van der Waals surface area contributed by atoms with Crippen LogP contribution >= 0.6 is 0 Å². The van der Waals surface area contributed by atoms with E-state index in [1.165, 1.54) is 11.1 Å². The summed E-state index contributed by atoms with van der Waals surface area (Å²) in [5, 5.41) is 0. The van der Waals surface area contributed by atoms with Crippen molar-refractivity contribution in [2.75, 3.05) is 13.1 Å². The molecule has 34 heavy (non-hydrogen) atoms. The molecule has 0 amide bonds. The minimum atomic E-state index is 0.775. The fraction of sp³-hybridized carbons (Fsp3) is 0.286. The van der Waals surface area contributed by atoms with Gasteiger partial charge in [0.2, 0.25) is 0 Å². The van der Waals surface area contributed by atoms with Gasteiger partial charge in [0.1, 0.15) is 0 Å². The molecule has 0 aromatic carbocycles. The van der Waals surface area contributed by atoms with Crippen LogP contribution in [0.2, 0.25) is 0 Å². The lowest BCUT2D eigenvalue weighted by Crippen LogP contribution is -2.35. The Morgan fingerprint density at radius 2 is 0.941 bits per heavy atom. The fourth-order valence-corrected chi connectivity index (χ4v) is 3.94. The maximum Gasteiger partial charge on any atom is 0.0573 e. The molecule has 0 radical (unpaired) electrons. The van der Waals surface area contributed by atoms with Crippen molar-refractivity contribution < 1.29 is 0 Å². The molecule has 4 heterocycles. The van der Waals surface area contributed by atoms with E-state index >= 15 is 0 Å². The zero-order valence-electron chi connectivity index (χ0n) is 20.0. The molecule has 4 rings (SSSR count). The van der Waals surface area contributed by atoms with Crippen molar-refractivity contribution in [2.24, 2.45) is 0 Å². The quantitative estimate of drug-likeness (QED) is 0.332. The molecule has 4 aromatic rings. The SMILES string of the molecule is Cc1cccnc1CN(CCN(Cc1ccccn1)Cc1ncccc1C)Cc1ccccn1. The molecule has 0 N–H and O–H groups in total. The maximum absolute atomic E-state index is 4.64. The van der Waals surface area contributed by atoms with Gasteiger partial charge in [-0.3, -0.25) is 29.7 Å². The Balaban J connectivity index is 1.51. The highest BCUT2D eigenvalue weighted by Gasteiger charge is 2.15. The summed E-state index contributed by atoms with van der Waals surface area (Å²) in [5.74, 6) is 0. The van der Waals surface area contributed by atoms with Gasteiger partial charge < -0.3 is 0 Å². The van der Waals surface area contributed by atoms with E-state index in [-0.39, 0.29) is 0 Å². The molecule has 0 saturated carbocycles. The molecular weight excluding hydrogens is 420 g/mol. The Labute approximate surface area is 202 Å². The lowest BCUT2D eigenvalue weighted by Gasteiger charge is -2.28. The first kappa shape index (κ1) is 23.7. The largest absolute Gasteiger partial charge is 0.290 e. The Hall–Kier alpha value is -3.48. The molecule has 0 aliphatic carbocycles. The summed E-state index contributed by atoms with van der Waals surface area (Å²) < 4.78 is 0. The lowest BCUT2D eigenvalue weighted by molar-refractivity contribution is 0.177. The van der Waals surface area contributed by atoms with Gasteiger partial charge in [-0.15, -0.1) is 0 Å². The second-order valence-electron chi connectivity index (χ2n) is 8.60. The van der Waals surface area contributed by atoms with Gasteiger partial charge in [0, 0.05) is 64.1 Å². The standard InChI is InChI=1S/C28H32N6/c1-23-9-7-15-31-27(23)21-33(19-25-11-3-5-13-29-25)17-18-34(20-26-12-4-6-14-30-26)22-28-24(2)10-8-16-32-28/h3-16H,17-22H2,1-2H3. The van der Waals surface area contributed by atoms with E-state index in [1.807, 2.05) is 61.2 Å². The van der Waals surface area contributed by atoms with Crippen molar-refractivity contribution in [1.82, 2.24) is 29.7 Å². The van der Waals surface area contributed by atoms with E-state index in [0.29, 0.717) is 0 Å². The summed E-state index contributed by atoms with van der Waals surface area (Å²) in [6, 6.07) is 20.4. The number of aryl methyl sites for hydroxylation is 2. The molecule has 0 fully saturated rings. The second-order valence-corrected chi connectivity index (χ2v) is 8.60. The monoisotopic (exact) mass is 452 g/mol. The third kappa shape index (κ3) is 7.01. The molecule has 0 saturated heterocycles. The van der Waals surface area contributed by atoms with Crippen molar-refractivity contribution in [2.45, 2.75) is 40.0 Å². The summed E-state index contributed by atoms with van der Waals surface area (Å²) in [7, 11) is 0. The van der Waals surface area contributed by atoms with Crippen LogP contribution in [-0.2, 0) is 26.2 Å². The molecule has 4 aromatic heterocycles. The van der Waals surface area contributed by atoms with Crippen LogP contribution < -0.4 is 0 Å². The molecular formula is C28H32N6. The highest BCUT2D eigenvalue weighted by Crippen LogP contribution is 2.14. The van der Waals surface area contributed by atoms with Crippen molar-refractivity contribution in [1.29, 1.82) is 0 Å². The van der Waals surface area contributed by atoms with Crippen molar-refractivity contribution in [3.8, 4) is 0 Å². The molecule has 0 bridgehead atoms. The first-order valence-electron chi connectivity index (χ1n) is 11.7. The summed E-state index contributed by atoms with van der Waals surface area (Å²) >= 11 is 0. The van der Waals surface area contributed by atoms with Crippen molar-refractivity contribution in [3.05, 3.63) is 119 Å². The van der Waals surface area contributed by atoms with Crippen LogP contribution in [0.3, 0.4) is 0 Å². The van der Waals surface area contributed by atoms with E-state index in [1.54, 1.807) is 0 Å². The second kappa shape index (κ2) is 12.1. The van der Waals surface area contributed by atoms with E-state index in [2.05, 4.69) is 67.8 Å². The predicted octanol–water partition coefficient (Wildman–Crippen LogP) is 4.59. The Kier molecular flexibility index (Phi) is 8.43. The van der Waals surface area contributed by atoms with Crippen molar-refractivity contribution in [3.63, 3.8) is 0 Å². The number of hydrogen-bond donors (Lipinski definition) is 0. The zero-order valence-corrected chi connectivity index (χ0v) is 20.0. The van der Waals surface area contributed by atoms with E-state index in [0.717, 1.165) is 62.0 Å². The first-order valence-corrected chi connectivity index (χ1v) is 11.7. The third-order valence-electron chi connectivity index (χ3n) is 5.94. The molecule has 0 aliphatic rings. The topological polar surface area (TPSA) is 58.0 Å². The highest BCUT2D eigenvalue weighted by molar-refractivity contribution is 5.19. The number of aromatic nitrogens is 4. The average Bonchev–Trinajstić information content (AvgIpc) is 2.86. The number of rotatable bonds is 11. The summed E-state index contributed by atoms with van der Waals surface area (Å²) in [6.45, 7) is 9.12. The predicted molar refractivity (Wildman–Crippen MR) is 135 cm³/mol. The van der Waals surface area contributed by atoms with E-state index < -0.39 is 0 Å². The lowest BCUT2D eigenvalue weighted by atomic mass is 10.2. The van der Waals surface area contributed by atoms with Crippen LogP contribution in [-0.4, -0.2) is 42.8 Å². The van der Waals surface area contributed by atoms with Gasteiger partial charge >= 0.3 is 0 Å². The van der Waals surface area contributed by atoms with Gasteiger partial charge in [-0.25, -0.2) is 0 Å². The van der Waals surface area contributed by atoms with Gasteiger partial charge in [-0.05, 0) is 61.4 Å². The van der Waals surface area contributed by atoms with E-state index in [4.69, 9.17) is 0 Å². The Bertz CT molecular complexity index is 1060. The molecule has 174 valence electrons. The maximum atomic E-state index is 4.64. The Morgan fingerprint density at radius 1 is 0.500 bits per heavy atom. The van der Waals surface area contributed by atoms with Crippen LogP contribution in [0.4, 0.5) is 0 Å². The smallest absolute Gasteiger partial charge is 0.0573 e. The van der Waals surface area contributed by atoms with Gasteiger partial charge in [-0.2, -0.15) is 0 Å². The zero-order chi connectivity index (χ0) is 23.6. The highest BCUT2D eigenvalue weighted by atomic mass is 15.2. The van der Waals surface area contributed by atoms with Crippen LogP contribution in [0.1, 0.15) is 33.9 Å². The van der Waals surface area contributed by atoms with Crippen LogP contribution in [0, 0.1) is 13.8 Å². The molecule has 0 atom stereocenters. The van der Waals surface area contributed by atoms with Gasteiger partial charge in [0.15, 0.2) is 0 Å². The molecule has 6 heteroatoms.